The normalized spacial score (nSPS) is 18.0. The molecule has 6 nitrogen and oxygen atoms in total. The van der Waals surface area contributed by atoms with E-state index in [0.717, 1.165) is 12.1 Å². The first-order chi connectivity index (χ1) is 13.9. The first kappa shape index (κ1) is 21.5. The molecule has 1 N–H and O–H groups in total. The molecule has 0 bridgehead atoms. The molecular weight excluding hydrogens is 386 g/mol. The van der Waals surface area contributed by atoms with Crippen LogP contribution in [0.5, 0.6) is 0 Å². The molecule has 0 spiro atoms. The zero-order valence-electron chi connectivity index (χ0n) is 17.0. The number of piperidine rings is 1. The number of amides is 1. The first-order valence-electron chi connectivity index (χ1n) is 9.92. The molecule has 1 aliphatic rings. The van der Waals surface area contributed by atoms with Gasteiger partial charge < -0.3 is 10.2 Å². The molecule has 1 heterocycles. The third-order valence-corrected chi connectivity index (χ3v) is 7.07. The highest BCUT2D eigenvalue weighted by molar-refractivity contribution is 7.89. The summed E-state index contributed by atoms with van der Waals surface area (Å²) in [6.45, 7) is 1.93. The Morgan fingerprint density at radius 3 is 2.41 bits per heavy atom. The standard InChI is InChI=1S/C22H29N3O3S/c1-24(2)16-19-10-7-6-9-18(19)15-23-22(26)20-11-8-14-25(17-20)29(27,28)21-12-4-3-5-13-21/h3-7,9-10,12-13,20H,8,11,14-17H2,1-2H3,(H,23,26). The van der Waals surface area contributed by atoms with Crippen LogP contribution in [0.15, 0.2) is 59.5 Å². The summed E-state index contributed by atoms with van der Waals surface area (Å²) in [5.74, 6) is -0.416. The predicted octanol–water partition coefficient (Wildman–Crippen LogP) is 2.47. The molecule has 0 radical (unpaired) electrons. The minimum absolute atomic E-state index is 0.0855. The molecule has 1 amide bonds. The van der Waals surface area contributed by atoms with Crippen LogP contribution in [0.25, 0.3) is 0 Å². The fourth-order valence-electron chi connectivity index (χ4n) is 3.67. The van der Waals surface area contributed by atoms with Gasteiger partial charge in [-0.2, -0.15) is 4.31 Å². The minimum Gasteiger partial charge on any atom is -0.352 e. The summed E-state index contributed by atoms with van der Waals surface area (Å²) >= 11 is 0. The Hall–Kier alpha value is -2.22. The van der Waals surface area contributed by atoms with E-state index >= 15 is 0 Å². The summed E-state index contributed by atoms with van der Waals surface area (Å²) in [4.78, 5) is 15.1. The minimum atomic E-state index is -3.57. The lowest BCUT2D eigenvalue weighted by molar-refractivity contribution is -0.126. The Bertz CT molecular complexity index is 929. The molecule has 2 aromatic rings. The largest absolute Gasteiger partial charge is 0.352 e. The van der Waals surface area contributed by atoms with Gasteiger partial charge in [0.15, 0.2) is 0 Å². The second kappa shape index (κ2) is 9.52. The summed E-state index contributed by atoms with van der Waals surface area (Å²) in [5, 5.41) is 3.02. The van der Waals surface area contributed by atoms with Gasteiger partial charge in [0, 0.05) is 26.2 Å². The Labute approximate surface area is 173 Å². The fourth-order valence-corrected chi connectivity index (χ4v) is 5.21. The number of hydrogen-bond acceptors (Lipinski definition) is 4. The van der Waals surface area contributed by atoms with Crippen molar-refractivity contribution < 1.29 is 13.2 Å². The maximum absolute atomic E-state index is 12.9. The molecule has 3 rings (SSSR count). The molecule has 0 aromatic heterocycles. The summed E-state index contributed by atoms with van der Waals surface area (Å²) in [6, 6.07) is 16.5. The average Bonchev–Trinajstić information content (AvgIpc) is 2.73. The second-order valence-electron chi connectivity index (χ2n) is 7.74. The SMILES string of the molecule is CN(C)Cc1ccccc1CNC(=O)C1CCCN(S(=O)(=O)c2ccccc2)C1. The van der Waals surface area contributed by atoms with Gasteiger partial charge in [-0.3, -0.25) is 4.79 Å². The molecule has 1 saturated heterocycles. The van der Waals surface area contributed by atoms with Crippen LogP contribution in [0.2, 0.25) is 0 Å². The van der Waals surface area contributed by atoms with Gasteiger partial charge in [-0.1, -0.05) is 42.5 Å². The van der Waals surface area contributed by atoms with Crippen molar-refractivity contribution in [2.24, 2.45) is 5.92 Å². The van der Waals surface area contributed by atoms with E-state index in [0.29, 0.717) is 25.9 Å². The summed E-state index contributed by atoms with van der Waals surface area (Å²) in [5.41, 5.74) is 2.26. The van der Waals surface area contributed by atoms with E-state index in [-0.39, 0.29) is 23.3 Å². The van der Waals surface area contributed by atoms with Gasteiger partial charge in [0.2, 0.25) is 15.9 Å². The first-order valence-corrected chi connectivity index (χ1v) is 11.4. The number of carbonyl (C=O) groups is 1. The highest BCUT2D eigenvalue weighted by atomic mass is 32.2. The van der Waals surface area contributed by atoms with E-state index in [1.807, 2.05) is 32.3 Å². The van der Waals surface area contributed by atoms with Gasteiger partial charge in [-0.05, 0) is 50.2 Å². The van der Waals surface area contributed by atoms with Gasteiger partial charge in [-0.15, -0.1) is 0 Å². The van der Waals surface area contributed by atoms with Gasteiger partial charge in [0.05, 0.1) is 10.8 Å². The van der Waals surface area contributed by atoms with Crippen molar-refractivity contribution in [3.05, 3.63) is 65.7 Å². The van der Waals surface area contributed by atoms with Crippen LogP contribution in [0.3, 0.4) is 0 Å². The van der Waals surface area contributed by atoms with Crippen LogP contribution >= 0.6 is 0 Å². The van der Waals surface area contributed by atoms with E-state index in [9.17, 15) is 13.2 Å². The maximum Gasteiger partial charge on any atom is 0.243 e. The predicted molar refractivity (Wildman–Crippen MR) is 114 cm³/mol. The zero-order valence-corrected chi connectivity index (χ0v) is 17.9. The fraction of sp³-hybridized carbons (Fsp3) is 0.409. The average molecular weight is 416 g/mol. The lowest BCUT2D eigenvalue weighted by atomic mass is 9.98. The second-order valence-corrected chi connectivity index (χ2v) is 9.68. The van der Waals surface area contributed by atoms with Crippen molar-refractivity contribution >= 4 is 15.9 Å². The van der Waals surface area contributed by atoms with E-state index in [1.165, 1.54) is 9.87 Å². The number of sulfonamides is 1. The summed E-state index contributed by atoms with van der Waals surface area (Å²) in [6.07, 6.45) is 1.38. The van der Waals surface area contributed by atoms with Crippen molar-refractivity contribution in [3.63, 3.8) is 0 Å². The lowest BCUT2D eigenvalue weighted by Gasteiger charge is -2.31. The van der Waals surface area contributed by atoms with Crippen molar-refractivity contribution in [1.29, 1.82) is 0 Å². The number of rotatable bonds is 7. The molecule has 1 fully saturated rings. The van der Waals surface area contributed by atoms with Crippen molar-refractivity contribution in [2.75, 3.05) is 27.2 Å². The van der Waals surface area contributed by atoms with Crippen LogP contribution < -0.4 is 5.32 Å². The van der Waals surface area contributed by atoms with Gasteiger partial charge >= 0.3 is 0 Å². The molecule has 1 atom stereocenters. The van der Waals surface area contributed by atoms with Crippen LogP contribution in [0.1, 0.15) is 24.0 Å². The molecule has 29 heavy (non-hydrogen) atoms. The van der Waals surface area contributed by atoms with E-state index in [2.05, 4.69) is 16.3 Å². The third-order valence-electron chi connectivity index (χ3n) is 5.19. The summed E-state index contributed by atoms with van der Waals surface area (Å²) < 4.78 is 27.2. The molecule has 1 unspecified atom stereocenters. The van der Waals surface area contributed by atoms with Crippen LogP contribution in [0.4, 0.5) is 0 Å². The number of hydrogen-bond donors (Lipinski definition) is 1. The number of nitrogens with one attached hydrogen (secondary N) is 1. The maximum atomic E-state index is 12.9. The number of benzene rings is 2. The molecular formula is C22H29N3O3S. The molecule has 0 aliphatic carbocycles. The van der Waals surface area contributed by atoms with Crippen LogP contribution in [-0.4, -0.2) is 50.7 Å². The third kappa shape index (κ3) is 5.44. The molecule has 0 saturated carbocycles. The summed E-state index contributed by atoms with van der Waals surface area (Å²) in [7, 11) is 0.458. The Morgan fingerprint density at radius 2 is 1.72 bits per heavy atom. The van der Waals surface area contributed by atoms with Crippen molar-refractivity contribution in [2.45, 2.75) is 30.8 Å². The Morgan fingerprint density at radius 1 is 1.07 bits per heavy atom. The highest BCUT2D eigenvalue weighted by Crippen LogP contribution is 2.24. The molecule has 7 heteroatoms. The Kier molecular flexibility index (Phi) is 7.05. The molecule has 1 aliphatic heterocycles. The molecule has 156 valence electrons. The van der Waals surface area contributed by atoms with Gasteiger partial charge in [0.25, 0.3) is 0 Å². The topological polar surface area (TPSA) is 69.7 Å². The zero-order chi connectivity index (χ0) is 20.9. The van der Waals surface area contributed by atoms with Crippen LogP contribution in [-0.2, 0) is 27.9 Å². The van der Waals surface area contributed by atoms with E-state index in [4.69, 9.17) is 0 Å². The smallest absolute Gasteiger partial charge is 0.243 e. The van der Waals surface area contributed by atoms with Crippen LogP contribution in [0, 0.1) is 5.92 Å². The van der Waals surface area contributed by atoms with Gasteiger partial charge in [-0.25, -0.2) is 8.42 Å². The van der Waals surface area contributed by atoms with Gasteiger partial charge in [0.1, 0.15) is 0 Å². The van der Waals surface area contributed by atoms with Crippen molar-refractivity contribution in [3.8, 4) is 0 Å². The van der Waals surface area contributed by atoms with Crippen molar-refractivity contribution in [1.82, 2.24) is 14.5 Å². The number of nitrogens with zero attached hydrogens (tertiary/aromatic N) is 2. The lowest BCUT2D eigenvalue weighted by Crippen LogP contribution is -2.45. The van der Waals surface area contributed by atoms with E-state index in [1.54, 1.807) is 30.3 Å². The molecule has 2 aromatic carbocycles. The number of carbonyl (C=O) groups excluding carboxylic acids is 1. The monoisotopic (exact) mass is 415 g/mol. The quantitative estimate of drug-likeness (QED) is 0.754. The Balaban J connectivity index is 1.64. The highest BCUT2D eigenvalue weighted by Gasteiger charge is 2.33. The van der Waals surface area contributed by atoms with E-state index < -0.39 is 10.0 Å².